The number of benzene rings is 2. The maximum atomic E-state index is 13.5. The van der Waals surface area contributed by atoms with Crippen molar-refractivity contribution in [3.05, 3.63) is 59.4 Å². The van der Waals surface area contributed by atoms with E-state index in [1.165, 1.54) is 16.4 Å². The molecule has 144 valence electrons. The molecule has 0 unspecified atom stereocenters. The summed E-state index contributed by atoms with van der Waals surface area (Å²) in [5, 5.41) is 0. The molecule has 0 radical (unpaired) electrons. The van der Waals surface area contributed by atoms with Gasteiger partial charge in [0.15, 0.2) is 0 Å². The highest BCUT2D eigenvalue weighted by atomic mass is 32.2. The van der Waals surface area contributed by atoms with E-state index in [0.717, 1.165) is 6.07 Å². The predicted molar refractivity (Wildman–Crippen MR) is 98.8 cm³/mol. The summed E-state index contributed by atoms with van der Waals surface area (Å²) in [6, 6.07) is 10.5. The third kappa shape index (κ3) is 3.96. The van der Waals surface area contributed by atoms with Crippen LogP contribution in [-0.4, -0.2) is 56.8 Å². The van der Waals surface area contributed by atoms with Crippen LogP contribution in [-0.2, 0) is 10.0 Å². The summed E-state index contributed by atoms with van der Waals surface area (Å²) >= 11 is 0. The first-order valence-corrected chi connectivity index (χ1v) is 9.96. The lowest BCUT2D eigenvalue weighted by Crippen LogP contribution is -2.50. The Bertz CT molecular complexity index is 937. The average Bonchev–Trinajstić information content (AvgIpc) is 2.69. The number of hydrogen-bond acceptors (Lipinski definition) is 4. The Labute approximate surface area is 158 Å². The van der Waals surface area contributed by atoms with Crippen molar-refractivity contribution in [2.45, 2.75) is 11.8 Å². The molecular formula is C19H21FN2O4S. The summed E-state index contributed by atoms with van der Waals surface area (Å²) in [6.45, 7) is 2.52. The lowest BCUT2D eigenvalue weighted by molar-refractivity contribution is 0.0698. The molecule has 0 bridgehead atoms. The number of hydrogen-bond donors (Lipinski definition) is 0. The smallest absolute Gasteiger partial charge is 0.253 e. The van der Waals surface area contributed by atoms with Gasteiger partial charge in [0.2, 0.25) is 10.0 Å². The Balaban J connectivity index is 1.70. The number of methoxy groups -OCH3 is 1. The molecule has 6 nitrogen and oxygen atoms in total. The minimum Gasteiger partial charge on any atom is -0.497 e. The van der Waals surface area contributed by atoms with Crippen LogP contribution in [0.4, 0.5) is 4.39 Å². The maximum absolute atomic E-state index is 13.5. The van der Waals surface area contributed by atoms with Gasteiger partial charge in [-0.2, -0.15) is 4.31 Å². The van der Waals surface area contributed by atoms with Crippen molar-refractivity contribution in [1.29, 1.82) is 0 Å². The Morgan fingerprint density at radius 2 is 1.67 bits per heavy atom. The zero-order valence-corrected chi connectivity index (χ0v) is 16.0. The van der Waals surface area contributed by atoms with Gasteiger partial charge in [-0.1, -0.05) is 6.07 Å². The summed E-state index contributed by atoms with van der Waals surface area (Å²) in [5.74, 6) is -0.0861. The molecule has 0 N–H and O–H groups in total. The van der Waals surface area contributed by atoms with Gasteiger partial charge in [-0.05, 0) is 48.9 Å². The molecule has 8 heteroatoms. The molecule has 1 fully saturated rings. The standard InChI is InChI=1S/C19H21FN2O4S/c1-14-3-6-16(20)13-18(14)27(24,25)22-11-9-21(10-12-22)19(23)15-4-7-17(26-2)8-5-15/h3-8,13H,9-12H2,1-2H3. The topological polar surface area (TPSA) is 66.9 Å². The van der Waals surface area contributed by atoms with Crippen LogP contribution in [0.3, 0.4) is 0 Å². The fourth-order valence-corrected chi connectivity index (χ4v) is 4.70. The van der Waals surface area contributed by atoms with Crippen molar-refractivity contribution in [2.24, 2.45) is 0 Å². The molecular weight excluding hydrogens is 371 g/mol. The molecule has 0 saturated carbocycles. The Kier molecular flexibility index (Phi) is 5.48. The van der Waals surface area contributed by atoms with Crippen LogP contribution < -0.4 is 4.74 Å². The van der Waals surface area contributed by atoms with E-state index in [2.05, 4.69) is 0 Å². The molecule has 1 aliphatic heterocycles. The molecule has 0 aliphatic carbocycles. The SMILES string of the molecule is COc1ccc(C(=O)N2CCN(S(=O)(=O)c3cc(F)ccc3C)CC2)cc1. The number of rotatable bonds is 4. The van der Waals surface area contributed by atoms with E-state index >= 15 is 0 Å². The van der Waals surface area contributed by atoms with Crippen LogP contribution in [0.1, 0.15) is 15.9 Å². The van der Waals surface area contributed by atoms with Gasteiger partial charge in [0.05, 0.1) is 12.0 Å². The Hall–Kier alpha value is -2.45. The summed E-state index contributed by atoms with van der Waals surface area (Å²) in [4.78, 5) is 14.2. The molecule has 0 atom stereocenters. The molecule has 0 spiro atoms. The van der Waals surface area contributed by atoms with Crippen LogP contribution in [0.5, 0.6) is 5.75 Å². The van der Waals surface area contributed by atoms with E-state index in [9.17, 15) is 17.6 Å². The van der Waals surface area contributed by atoms with E-state index in [1.807, 2.05) is 0 Å². The summed E-state index contributed by atoms with van der Waals surface area (Å²) in [6.07, 6.45) is 0. The Morgan fingerprint density at radius 3 is 2.26 bits per heavy atom. The number of nitrogens with zero attached hydrogens (tertiary/aromatic N) is 2. The van der Waals surface area contributed by atoms with E-state index in [-0.39, 0.29) is 37.0 Å². The second-order valence-corrected chi connectivity index (χ2v) is 8.24. The van der Waals surface area contributed by atoms with Gasteiger partial charge < -0.3 is 9.64 Å². The molecule has 3 rings (SSSR count). The number of amides is 1. The first kappa shape index (κ1) is 19.3. The van der Waals surface area contributed by atoms with Crippen molar-refractivity contribution in [2.75, 3.05) is 33.3 Å². The molecule has 27 heavy (non-hydrogen) atoms. The minimum atomic E-state index is -3.80. The van der Waals surface area contributed by atoms with Crippen LogP contribution >= 0.6 is 0 Å². The zero-order chi connectivity index (χ0) is 19.6. The summed E-state index contributed by atoms with van der Waals surface area (Å²) < 4.78 is 45.5. The van der Waals surface area contributed by atoms with E-state index in [0.29, 0.717) is 16.9 Å². The third-order valence-electron chi connectivity index (χ3n) is 4.63. The van der Waals surface area contributed by atoms with Crippen LogP contribution in [0.25, 0.3) is 0 Å². The highest BCUT2D eigenvalue weighted by Gasteiger charge is 2.31. The van der Waals surface area contributed by atoms with Crippen molar-refractivity contribution in [3.63, 3.8) is 0 Å². The molecule has 1 saturated heterocycles. The van der Waals surface area contributed by atoms with Gasteiger partial charge >= 0.3 is 0 Å². The quantitative estimate of drug-likeness (QED) is 0.801. The second kappa shape index (κ2) is 7.66. The lowest BCUT2D eigenvalue weighted by Gasteiger charge is -2.34. The van der Waals surface area contributed by atoms with Gasteiger partial charge in [-0.15, -0.1) is 0 Å². The van der Waals surface area contributed by atoms with Crippen molar-refractivity contribution in [1.82, 2.24) is 9.21 Å². The van der Waals surface area contributed by atoms with Gasteiger partial charge in [0.25, 0.3) is 5.91 Å². The van der Waals surface area contributed by atoms with Gasteiger partial charge in [-0.25, -0.2) is 12.8 Å². The lowest BCUT2D eigenvalue weighted by atomic mass is 10.2. The molecule has 1 amide bonds. The van der Waals surface area contributed by atoms with E-state index in [1.54, 1.807) is 43.2 Å². The first-order valence-electron chi connectivity index (χ1n) is 8.52. The largest absolute Gasteiger partial charge is 0.497 e. The third-order valence-corrected chi connectivity index (χ3v) is 6.67. The molecule has 0 aromatic heterocycles. The number of carbonyl (C=O) groups excluding carboxylic acids is 1. The van der Waals surface area contributed by atoms with Crippen LogP contribution in [0, 0.1) is 12.7 Å². The Morgan fingerprint density at radius 1 is 1.04 bits per heavy atom. The molecule has 1 aliphatic rings. The maximum Gasteiger partial charge on any atom is 0.253 e. The highest BCUT2D eigenvalue weighted by molar-refractivity contribution is 7.89. The van der Waals surface area contributed by atoms with Gasteiger partial charge in [-0.3, -0.25) is 4.79 Å². The number of halogens is 1. The number of ether oxygens (including phenoxy) is 1. The second-order valence-electron chi connectivity index (χ2n) is 6.33. The van der Waals surface area contributed by atoms with Gasteiger partial charge in [0, 0.05) is 31.7 Å². The number of sulfonamides is 1. The molecule has 1 heterocycles. The highest BCUT2D eigenvalue weighted by Crippen LogP contribution is 2.23. The summed E-state index contributed by atoms with van der Waals surface area (Å²) in [7, 11) is -2.25. The van der Waals surface area contributed by atoms with E-state index < -0.39 is 15.8 Å². The normalized spacial score (nSPS) is 15.6. The van der Waals surface area contributed by atoms with Gasteiger partial charge in [0.1, 0.15) is 11.6 Å². The number of carbonyl (C=O) groups is 1. The molecule has 2 aromatic carbocycles. The number of piperazine rings is 1. The van der Waals surface area contributed by atoms with Crippen molar-refractivity contribution in [3.8, 4) is 5.75 Å². The number of aryl methyl sites for hydroxylation is 1. The average molecular weight is 392 g/mol. The fourth-order valence-electron chi connectivity index (χ4n) is 3.04. The van der Waals surface area contributed by atoms with E-state index in [4.69, 9.17) is 4.74 Å². The van der Waals surface area contributed by atoms with Crippen LogP contribution in [0.15, 0.2) is 47.4 Å². The summed E-state index contributed by atoms with van der Waals surface area (Å²) in [5.41, 5.74) is 1.02. The minimum absolute atomic E-state index is 0.0302. The monoisotopic (exact) mass is 392 g/mol. The molecule has 2 aromatic rings. The fraction of sp³-hybridized carbons (Fsp3) is 0.316. The van der Waals surface area contributed by atoms with Crippen molar-refractivity contribution >= 4 is 15.9 Å². The predicted octanol–water partition coefficient (Wildman–Crippen LogP) is 2.29. The van der Waals surface area contributed by atoms with Crippen molar-refractivity contribution < 1.29 is 22.3 Å². The first-order chi connectivity index (χ1) is 12.8. The zero-order valence-electron chi connectivity index (χ0n) is 15.2. The van der Waals surface area contributed by atoms with Crippen LogP contribution in [0.2, 0.25) is 0 Å².